The molecule has 0 amide bonds. The SMILES string of the molecule is CCCC(C)C(C)(CC(C)(C)C)C(=O)OC1C(C)CC(C)CC1C(C)(C)C. The van der Waals surface area contributed by atoms with Crippen LogP contribution in [0, 0.1) is 39.9 Å². The molecule has 2 heteroatoms. The van der Waals surface area contributed by atoms with Gasteiger partial charge in [0.1, 0.15) is 6.10 Å². The first-order valence-corrected chi connectivity index (χ1v) is 11.3. The van der Waals surface area contributed by atoms with Crippen LogP contribution in [0.1, 0.15) is 108 Å². The fourth-order valence-electron chi connectivity index (χ4n) is 5.43. The predicted molar refractivity (Wildman–Crippen MR) is 117 cm³/mol. The quantitative estimate of drug-likeness (QED) is 0.446. The summed E-state index contributed by atoms with van der Waals surface area (Å²) >= 11 is 0. The largest absolute Gasteiger partial charge is 0.461 e. The molecule has 0 bridgehead atoms. The number of esters is 1. The van der Waals surface area contributed by atoms with Gasteiger partial charge >= 0.3 is 5.97 Å². The summed E-state index contributed by atoms with van der Waals surface area (Å²) in [6.45, 7) is 24.8. The maximum atomic E-state index is 13.6. The van der Waals surface area contributed by atoms with Gasteiger partial charge < -0.3 is 4.74 Å². The highest BCUT2D eigenvalue weighted by Crippen LogP contribution is 2.47. The second-order valence-electron chi connectivity index (χ2n) is 12.2. The van der Waals surface area contributed by atoms with Crippen molar-refractivity contribution in [3.63, 3.8) is 0 Å². The van der Waals surface area contributed by atoms with Crippen LogP contribution in [0.25, 0.3) is 0 Å². The van der Waals surface area contributed by atoms with Crippen LogP contribution in [-0.2, 0) is 9.53 Å². The molecular formula is C25H48O2. The summed E-state index contributed by atoms with van der Waals surface area (Å²) in [5, 5.41) is 0. The third-order valence-electron chi connectivity index (χ3n) is 6.92. The van der Waals surface area contributed by atoms with E-state index in [1.807, 2.05) is 0 Å². The van der Waals surface area contributed by atoms with E-state index in [-0.39, 0.29) is 22.9 Å². The zero-order chi connectivity index (χ0) is 21.2. The predicted octanol–water partition coefficient (Wildman–Crippen LogP) is 7.51. The molecule has 0 aromatic heterocycles. The molecular weight excluding hydrogens is 332 g/mol. The van der Waals surface area contributed by atoms with Crippen LogP contribution in [0.3, 0.4) is 0 Å². The van der Waals surface area contributed by atoms with E-state index in [2.05, 4.69) is 76.2 Å². The van der Waals surface area contributed by atoms with Gasteiger partial charge in [-0.05, 0) is 61.2 Å². The third kappa shape index (κ3) is 6.50. The average molecular weight is 381 g/mol. The lowest BCUT2D eigenvalue weighted by molar-refractivity contribution is -0.179. The topological polar surface area (TPSA) is 26.3 Å². The minimum absolute atomic E-state index is 0.0408. The molecule has 0 spiro atoms. The van der Waals surface area contributed by atoms with Gasteiger partial charge in [-0.25, -0.2) is 0 Å². The van der Waals surface area contributed by atoms with Crippen LogP contribution in [0.15, 0.2) is 0 Å². The molecule has 1 rings (SSSR count). The van der Waals surface area contributed by atoms with Gasteiger partial charge in [-0.2, -0.15) is 0 Å². The van der Waals surface area contributed by atoms with E-state index in [0.717, 1.165) is 32.1 Å². The van der Waals surface area contributed by atoms with E-state index in [0.29, 0.717) is 23.7 Å². The van der Waals surface area contributed by atoms with Gasteiger partial charge in [0.25, 0.3) is 0 Å². The number of ether oxygens (including phenoxy) is 1. The average Bonchev–Trinajstić information content (AvgIpc) is 2.46. The Balaban J connectivity index is 3.14. The minimum atomic E-state index is -0.417. The Morgan fingerprint density at radius 2 is 1.59 bits per heavy atom. The highest BCUT2D eigenvalue weighted by molar-refractivity contribution is 5.77. The standard InChI is InChI=1S/C25H48O2/c1-12-13-19(4)25(11,16-23(5,6)7)22(26)27-21-18(3)14-17(2)15-20(21)24(8,9)10/h17-21H,12-16H2,1-11H3. The van der Waals surface area contributed by atoms with Crippen molar-refractivity contribution in [3.05, 3.63) is 0 Å². The van der Waals surface area contributed by atoms with Crippen molar-refractivity contribution in [2.24, 2.45) is 39.9 Å². The minimum Gasteiger partial charge on any atom is -0.461 e. The van der Waals surface area contributed by atoms with Crippen LogP contribution in [0.2, 0.25) is 0 Å². The number of hydrogen-bond acceptors (Lipinski definition) is 2. The summed E-state index contributed by atoms with van der Waals surface area (Å²) in [5.41, 5.74) is -0.158. The summed E-state index contributed by atoms with van der Waals surface area (Å²) < 4.78 is 6.43. The van der Waals surface area contributed by atoms with Gasteiger partial charge in [0.2, 0.25) is 0 Å². The second-order valence-corrected chi connectivity index (χ2v) is 12.2. The second kappa shape index (κ2) is 8.87. The van der Waals surface area contributed by atoms with E-state index < -0.39 is 5.41 Å². The summed E-state index contributed by atoms with van der Waals surface area (Å²) in [5.74, 6) is 1.95. The van der Waals surface area contributed by atoms with Crippen molar-refractivity contribution < 1.29 is 9.53 Å². The molecule has 6 atom stereocenters. The molecule has 1 aliphatic carbocycles. The van der Waals surface area contributed by atoms with Gasteiger partial charge in [0, 0.05) is 5.92 Å². The number of carbonyl (C=O) groups excluding carboxylic acids is 1. The molecule has 0 radical (unpaired) electrons. The van der Waals surface area contributed by atoms with Crippen molar-refractivity contribution in [3.8, 4) is 0 Å². The summed E-state index contributed by atoms with van der Waals surface area (Å²) in [6.07, 6.45) is 5.41. The van der Waals surface area contributed by atoms with Crippen molar-refractivity contribution in [1.29, 1.82) is 0 Å². The third-order valence-corrected chi connectivity index (χ3v) is 6.92. The van der Waals surface area contributed by atoms with E-state index in [1.165, 1.54) is 0 Å². The Bertz CT molecular complexity index is 482. The molecule has 27 heavy (non-hydrogen) atoms. The highest BCUT2D eigenvalue weighted by Gasteiger charge is 2.47. The Morgan fingerprint density at radius 3 is 2.04 bits per heavy atom. The molecule has 160 valence electrons. The number of rotatable bonds is 6. The van der Waals surface area contributed by atoms with Crippen molar-refractivity contribution in [2.45, 2.75) is 114 Å². The summed E-state index contributed by atoms with van der Waals surface area (Å²) in [6, 6.07) is 0. The molecule has 0 N–H and O–H groups in total. The van der Waals surface area contributed by atoms with E-state index in [4.69, 9.17) is 4.74 Å². The van der Waals surface area contributed by atoms with Crippen LogP contribution in [-0.4, -0.2) is 12.1 Å². The van der Waals surface area contributed by atoms with E-state index >= 15 is 0 Å². The molecule has 0 saturated heterocycles. The monoisotopic (exact) mass is 380 g/mol. The normalized spacial score (nSPS) is 30.5. The lowest BCUT2D eigenvalue weighted by atomic mass is 9.64. The zero-order valence-electron chi connectivity index (χ0n) is 20.2. The van der Waals surface area contributed by atoms with Gasteiger partial charge in [-0.1, -0.05) is 75.7 Å². The van der Waals surface area contributed by atoms with E-state index in [9.17, 15) is 4.79 Å². The fourth-order valence-corrected chi connectivity index (χ4v) is 5.43. The molecule has 0 aromatic rings. The van der Waals surface area contributed by atoms with Crippen LogP contribution < -0.4 is 0 Å². The molecule has 0 aromatic carbocycles. The maximum absolute atomic E-state index is 13.6. The van der Waals surface area contributed by atoms with Gasteiger partial charge in [0.15, 0.2) is 0 Å². The smallest absolute Gasteiger partial charge is 0.312 e. The molecule has 1 saturated carbocycles. The zero-order valence-corrected chi connectivity index (χ0v) is 20.2. The van der Waals surface area contributed by atoms with Crippen LogP contribution in [0.5, 0.6) is 0 Å². The van der Waals surface area contributed by atoms with E-state index in [1.54, 1.807) is 0 Å². The Kier molecular flexibility index (Phi) is 8.05. The summed E-state index contributed by atoms with van der Waals surface area (Å²) in [4.78, 5) is 13.6. The Labute approximate surface area is 170 Å². The molecule has 0 aliphatic heterocycles. The first-order valence-electron chi connectivity index (χ1n) is 11.3. The Morgan fingerprint density at radius 1 is 1.04 bits per heavy atom. The van der Waals surface area contributed by atoms with Gasteiger partial charge in [-0.15, -0.1) is 0 Å². The van der Waals surface area contributed by atoms with Crippen molar-refractivity contribution in [2.75, 3.05) is 0 Å². The lowest BCUT2D eigenvalue weighted by Gasteiger charge is -2.47. The molecule has 1 fully saturated rings. The number of hydrogen-bond donors (Lipinski definition) is 0. The van der Waals surface area contributed by atoms with Crippen LogP contribution in [0.4, 0.5) is 0 Å². The fraction of sp³-hybridized carbons (Fsp3) is 0.960. The van der Waals surface area contributed by atoms with Crippen molar-refractivity contribution >= 4 is 5.97 Å². The molecule has 1 aliphatic rings. The number of carbonyl (C=O) groups is 1. The molecule has 6 unspecified atom stereocenters. The maximum Gasteiger partial charge on any atom is 0.312 e. The van der Waals surface area contributed by atoms with Gasteiger partial charge in [-0.3, -0.25) is 4.79 Å². The van der Waals surface area contributed by atoms with Gasteiger partial charge in [0.05, 0.1) is 5.41 Å². The van der Waals surface area contributed by atoms with Crippen LogP contribution >= 0.6 is 0 Å². The molecule has 2 nitrogen and oxygen atoms in total. The Hall–Kier alpha value is -0.530. The first-order chi connectivity index (χ1) is 12.1. The highest BCUT2D eigenvalue weighted by atomic mass is 16.5. The summed E-state index contributed by atoms with van der Waals surface area (Å²) in [7, 11) is 0. The van der Waals surface area contributed by atoms with Crippen molar-refractivity contribution in [1.82, 2.24) is 0 Å². The first kappa shape index (κ1) is 24.5. The molecule has 0 heterocycles. The lowest BCUT2D eigenvalue weighted by Crippen LogP contribution is -2.48.